The van der Waals surface area contributed by atoms with Crippen LogP contribution in [0.2, 0.25) is 0 Å². The lowest BCUT2D eigenvalue weighted by Gasteiger charge is -1.92. The average molecular weight is 156 g/mol. The smallest absolute Gasteiger partial charge is 0.342 e. The maximum atomic E-state index is 10.5. The molecule has 0 spiro atoms. The van der Waals surface area contributed by atoms with E-state index in [0.717, 1.165) is 0 Å². The third-order valence-corrected chi connectivity index (χ3v) is 1.22. The van der Waals surface area contributed by atoms with E-state index in [-0.39, 0.29) is 11.4 Å². The summed E-state index contributed by atoms with van der Waals surface area (Å²) in [5.41, 5.74) is 0.0787. The molecular weight excluding hydrogens is 148 g/mol. The van der Waals surface area contributed by atoms with Crippen LogP contribution in [-0.2, 0) is 7.05 Å². The number of hydrogen-bond donors (Lipinski definition) is 1. The predicted octanol–water partition coefficient (Wildman–Crippen LogP) is 0.127. The molecular formula is C6H8N2O3. The zero-order valence-corrected chi connectivity index (χ0v) is 6.24. The van der Waals surface area contributed by atoms with Gasteiger partial charge in [-0.05, 0) is 0 Å². The lowest BCUT2D eigenvalue weighted by molar-refractivity contribution is 0.0693. The Morgan fingerprint density at radius 3 is 2.82 bits per heavy atom. The summed E-state index contributed by atoms with van der Waals surface area (Å²) < 4.78 is 6.11. The van der Waals surface area contributed by atoms with Gasteiger partial charge in [0.1, 0.15) is 5.56 Å². The van der Waals surface area contributed by atoms with Crippen LogP contribution in [0.5, 0.6) is 5.88 Å². The Bertz CT molecular complexity index is 279. The molecule has 5 heteroatoms. The Balaban J connectivity index is 3.12. The van der Waals surface area contributed by atoms with E-state index >= 15 is 0 Å². The molecule has 0 radical (unpaired) electrons. The lowest BCUT2D eigenvalue weighted by atomic mass is 10.3. The molecule has 1 aromatic rings. The van der Waals surface area contributed by atoms with Crippen molar-refractivity contribution < 1.29 is 14.6 Å². The van der Waals surface area contributed by atoms with Crippen molar-refractivity contribution in [2.75, 3.05) is 7.11 Å². The van der Waals surface area contributed by atoms with Crippen LogP contribution < -0.4 is 4.74 Å². The van der Waals surface area contributed by atoms with Crippen molar-refractivity contribution in [1.82, 2.24) is 9.78 Å². The van der Waals surface area contributed by atoms with Gasteiger partial charge in [0, 0.05) is 13.2 Å². The van der Waals surface area contributed by atoms with Crippen LogP contribution in [0, 0.1) is 0 Å². The molecule has 0 aliphatic carbocycles. The third-order valence-electron chi connectivity index (χ3n) is 1.22. The van der Waals surface area contributed by atoms with Crippen LogP contribution in [0.3, 0.4) is 0 Å². The molecule has 60 valence electrons. The normalized spacial score (nSPS) is 9.64. The number of hydrogen-bond acceptors (Lipinski definition) is 3. The first-order valence-electron chi connectivity index (χ1n) is 2.96. The number of carboxylic acids is 1. The lowest BCUT2D eigenvalue weighted by Crippen LogP contribution is -1.97. The largest absolute Gasteiger partial charge is 0.479 e. The number of aryl methyl sites for hydroxylation is 1. The zero-order valence-electron chi connectivity index (χ0n) is 6.24. The van der Waals surface area contributed by atoms with Crippen LogP contribution in [0.4, 0.5) is 0 Å². The molecule has 0 saturated carbocycles. The fourth-order valence-corrected chi connectivity index (χ4v) is 0.766. The summed E-state index contributed by atoms with van der Waals surface area (Å²) in [6, 6.07) is 0. The fraction of sp³-hybridized carbons (Fsp3) is 0.333. The summed E-state index contributed by atoms with van der Waals surface area (Å²) in [6.07, 6.45) is 1.39. The van der Waals surface area contributed by atoms with Crippen molar-refractivity contribution in [1.29, 1.82) is 0 Å². The van der Waals surface area contributed by atoms with Crippen molar-refractivity contribution in [3.05, 3.63) is 11.8 Å². The Morgan fingerprint density at radius 1 is 1.82 bits per heavy atom. The maximum absolute atomic E-state index is 10.5. The van der Waals surface area contributed by atoms with Crippen LogP contribution in [0.1, 0.15) is 10.4 Å². The number of carbonyl (C=O) groups is 1. The highest BCUT2D eigenvalue weighted by molar-refractivity contribution is 5.89. The van der Waals surface area contributed by atoms with Gasteiger partial charge in [0.15, 0.2) is 0 Å². The van der Waals surface area contributed by atoms with Gasteiger partial charge in [-0.2, -0.15) is 0 Å². The van der Waals surface area contributed by atoms with E-state index in [9.17, 15) is 4.79 Å². The highest BCUT2D eigenvalue weighted by Crippen LogP contribution is 2.13. The second-order valence-electron chi connectivity index (χ2n) is 2.03. The van der Waals surface area contributed by atoms with Crippen LogP contribution in [-0.4, -0.2) is 28.0 Å². The highest BCUT2D eigenvalue weighted by atomic mass is 16.5. The van der Waals surface area contributed by atoms with E-state index in [0.29, 0.717) is 0 Å². The molecule has 0 fully saturated rings. The molecule has 0 amide bonds. The number of methoxy groups -OCH3 is 1. The first kappa shape index (κ1) is 7.59. The quantitative estimate of drug-likeness (QED) is 0.660. The fourth-order valence-electron chi connectivity index (χ4n) is 0.766. The SMILES string of the molecule is COc1nn(C)cc1C(=O)O. The van der Waals surface area contributed by atoms with Gasteiger partial charge in [-0.25, -0.2) is 4.79 Å². The molecule has 0 aliphatic rings. The summed E-state index contributed by atoms with van der Waals surface area (Å²) >= 11 is 0. The van der Waals surface area contributed by atoms with E-state index in [1.54, 1.807) is 7.05 Å². The molecule has 1 rings (SSSR count). The van der Waals surface area contributed by atoms with Gasteiger partial charge in [0.25, 0.3) is 0 Å². The number of ether oxygens (including phenoxy) is 1. The predicted molar refractivity (Wildman–Crippen MR) is 36.7 cm³/mol. The Hall–Kier alpha value is -1.52. The molecule has 1 N–H and O–H groups in total. The maximum Gasteiger partial charge on any atom is 0.342 e. The van der Waals surface area contributed by atoms with E-state index in [1.807, 2.05) is 0 Å². The van der Waals surface area contributed by atoms with E-state index in [2.05, 4.69) is 5.10 Å². The van der Waals surface area contributed by atoms with Crippen LogP contribution in [0.15, 0.2) is 6.20 Å². The summed E-state index contributed by atoms with van der Waals surface area (Å²) in [6.45, 7) is 0. The monoisotopic (exact) mass is 156 g/mol. The molecule has 0 aliphatic heterocycles. The van der Waals surface area contributed by atoms with Crippen molar-refractivity contribution in [2.45, 2.75) is 0 Å². The Labute approximate surface area is 63.2 Å². The summed E-state index contributed by atoms with van der Waals surface area (Å²) in [7, 11) is 3.02. The Kier molecular flexibility index (Phi) is 1.80. The molecule has 5 nitrogen and oxygen atoms in total. The van der Waals surface area contributed by atoms with E-state index < -0.39 is 5.97 Å². The van der Waals surface area contributed by atoms with Gasteiger partial charge in [0.2, 0.25) is 5.88 Å². The van der Waals surface area contributed by atoms with Gasteiger partial charge in [-0.3, -0.25) is 4.68 Å². The van der Waals surface area contributed by atoms with Crippen molar-refractivity contribution >= 4 is 5.97 Å². The molecule has 0 atom stereocenters. The van der Waals surface area contributed by atoms with Gasteiger partial charge >= 0.3 is 5.97 Å². The average Bonchev–Trinajstić information content (AvgIpc) is 2.30. The first-order chi connectivity index (χ1) is 5.15. The second kappa shape index (κ2) is 2.61. The van der Waals surface area contributed by atoms with Gasteiger partial charge in [-0.1, -0.05) is 0 Å². The molecule has 1 heterocycles. The number of nitrogens with zero attached hydrogens (tertiary/aromatic N) is 2. The van der Waals surface area contributed by atoms with Gasteiger partial charge in [0.05, 0.1) is 7.11 Å². The molecule has 0 unspecified atom stereocenters. The minimum absolute atomic E-state index is 0.0787. The molecule has 1 aromatic heterocycles. The highest BCUT2D eigenvalue weighted by Gasteiger charge is 2.13. The number of aromatic carboxylic acids is 1. The topological polar surface area (TPSA) is 64.4 Å². The van der Waals surface area contributed by atoms with Crippen molar-refractivity contribution in [3.8, 4) is 5.88 Å². The van der Waals surface area contributed by atoms with Crippen molar-refractivity contribution in [2.24, 2.45) is 7.05 Å². The zero-order chi connectivity index (χ0) is 8.43. The molecule has 0 aromatic carbocycles. The van der Waals surface area contributed by atoms with Crippen LogP contribution in [0.25, 0.3) is 0 Å². The van der Waals surface area contributed by atoms with E-state index in [4.69, 9.17) is 9.84 Å². The van der Waals surface area contributed by atoms with Crippen molar-refractivity contribution in [3.63, 3.8) is 0 Å². The minimum Gasteiger partial charge on any atom is -0.479 e. The van der Waals surface area contributed by atoms with Gasteiger partial charge in [-0.15, -0.1) is 5.10 Å². The minimum atomic E-state index is -1.03. The summed E-state index contributed by atoms with van der Waals surface area (Å²) in [5, 5.41) is 12.3. The molecule has 0 bridgehead atoms. The molecule has 11 heavy (non-hydrogen) atoms. The van der Waals surface area contributed by atoms with E-state index in [1.165, 1.54) is 18.0 Å². The number of aromatic nitrogens is 2. The third kappa shape index (κ3) is 1.31. The summed E-state index contributed by atoms with van der Waals surface area (Å²) in [5.74, 6) is -0.894. The standard InChI is InChI=1S/C6H8N2O3/c1-8-3-4(6(9)10)5(7-8)11-2/h3H,1-2H3,(H,9,10). The second-order valence-corrected chi connectivity index (χ2v) is 2.03. The number of rotatable bonds is 2. The molecule has 0 saturated heterocycles. The Morgan fingerprint density at radius 2 is 2.45 bits per heavy atom. The number of carboxylic acid groups (broad SMARTS) is 1. The van der Waals surface area contributed by atoms with Crippen LogP contribution >= 0.6 is 0 Å². The summed E-state index contributed by atoms with van der Waals surface area (Å²) in [4.78, 5) is 10.5. The van der Waals surface area contributed by atoms with Gasteiger partial charge < -0.3 is 9.84 Å². The first-order valence-corrected chi connectivity index (χ1v) is 2.96.